The number of fused-ring (bicyclic) bond motifs is 6. The minimum atomic E-state index is 1.23. The van der Waals surface area contributed by atoms with Crippen LogP contribution in [0.4, 0.5) is 0 Å². The molecule has 3 aromatic heterocycles. The van der Waals surface area contributed by atoms with E-state index >= 15 is 0 Å². The quantitative estimate of drug-likeness (QED) is 0.258. The molecule has 0 amide bonds. The van der Waals surface area contributed by atoms with E-state index in [0.29, 0.717) is 0 Å². The molecule has 0 aliphatic rings. The monoisotopic (exact) mass is 423 g/mol. The summed E-state index contributed by atoms with van der Waals surface area (Å²) < 4.78 is 4.69. The van der Waals surface area contributed by atoms with E-state index in [-0.39, 0.29) is 0 Å². The smallest absolute Gasteiger partial charge is 0.212 e. The fraction of sp³-hybridized carbons (Fsp3) is 0.0645. The Hall–Kier alpha value is -4.17. The summed E-state index contributed by atoms with van der Waals surface area (Å²) in [6.45, 7) is 2.21. The third-order valence-corrected chi connectivity index (χ3v) is 7.08. The molecule has 156 valence electrons. The lowest BCUT2D eigenvalue weighted by Crippen LogP contribution is -2.31. The second kappa shape index (κ2) is 6.66. The fourth-order valence-electron chi connectivity index (χ4n) is 5.55. The lowest BCUT2D eigenvalue weighted by Gasteiger charge is -2.08. The average Bonchev–Trinajstić information content (AvgIpc) is 3.37. The number of hydrogen-bond acceptors (Lipinski definition) is 0. The van der Waals surface area contributed by atoms with Crippen molar-refractivity contribution in [3.63, 3.8) is 0 Å². The lowest BCUT2D eigenvalue weighted by atomic mass is 9.99. The zero-order valence-corrected chi connectivity index (χ0v) is 18.7. The molecule has 7 rings (SSSR count). The number of nitrogens with zero attached hydrogens (tertiary/aromatic N) is 2. The van der Waals surface area contributed by atoms with E-state index in [1.807, 2.05) is 0 Å². The Kier molecular flexibility index (Phi) is 3.72. The van der Waals surface area contributed by atoms with E-state index in [4.69, 9.17) is 0 Å². The maximum atomic E-state index is 2.43. The first-order valence-electron chi connectivity index (χ1n) is 11.4. The summed E-state index contributed by atoms with van der Waals surface area (Å²) in [5.74, 6) is 0. The van der Waals surface area contributed by atoms with Gasteiger partial charge in [-0.15, -0.1) is 0 Å². The molecular formula is C31H23N2+. The summed E-state index contributed by atoms with van der Waals surface area (Å²) in [5.41, 5.74) is 10.2. The molecule has 2 heteroatoms. The van der Waals surface area contributed by atoms with Crippen LogP contribution in [0, 0.1) is 6.92 Å². The van der Waals surface area contributed by atoms with Crippen LogP contribution in [0.2, 0.25) is 0 Å². The highest BCUT2D eigenvalue weighted by Gasteiger charge is 2.20. The van der Waals surface area contributed by atoms with Gasteiger partial charge in [0.15, 0.2) is 6.20 Å². The number of rotatable bonds is 2. The molecule has 0 atom stereocenters. The third kappa shape index (κ3) is 2.52. The van der Waals surface area contributed by atoms with Crippen molar-refractivity contribution < 1.29 is 4.57 Å². The molecular weight excluding hydrogens is 400 g/mol. The van der Waals surface area contributed by atoms with Crippen LogP contribution in [-0.2, 0) is 7.05 Å². The highest BCUT2D eigenvalue weighted by Crippen LogP contribution is 2.40. The summed E-state index contributed by atoms with van der Waals surface area (Å²) >= 11 is 0. The number of benzene rings is 4. The van der Waals surface area contributed by atoms with Gasteiger partial charge < -0.3 is 4.40 Å². The van der Waals surface area contributed by atoms with Crippen LogP contribution in [0.5, 0.6) is 0 Å². The van der Waals surface area contributed by atoms with E-state index in [9.17, 15) is 0 Å². The maximum absolute atomic E-state index is 2.43. The van der Waals surface area contributed by atoms with Crippen LogP contribution in [0.1, 0.15) is 5.56 Å². The molecule has 33 heavy (non-hydrogen) atoms. The standard InChI is InChI=1S/C31H23N2/c1-20-17-30(32(2)19-27(20)21-9-4-3-5-10-21)22-15-16-29-26(18-22)25-13-8-12-24-23-11-6-7-14-28(23)33(29)31(24)25/h3-19H,1-2H3/q+1. The van der Waals surface area contributed by atoms with Crippen molar-refractivity contribution in [2.24, 2.45) is 7.05 Å². The van der Waals surface area contributed by atoms with Crippen LogP contribution in [0.25, 0.3) is 60.5 Å². The van der Waals surface area contributed by atoms with Crippen LogP contribution in [0.15, 0.2) is 103 Å². The fourth-order valence-corrected chi connectivity index (χ4v) is 5.55. The normalized spacial score (nSPS) is 11.9. The zero-order chi connectivity index (χ0) is 22.1. The molecule has 0 N–H and O–H groups in total. The third-order valence-electron chi connectivity index (χ3n) is 7.08. The number of hydrogen-bond donors (Lipinski definition) is 0. The molecule has 0 unspecified atom stereocenters. The molecule has 0 aliphatic carbocycles. The molecule has 0 spiro atoms. The highest BCUT2D eigenvalue weighted by molar-refractivity contribution is 6.23. The molecule has 0 saturated heterocycles. The Morgan fingerprint density at radius 3 is 2.15 bits per heavy atom. The van der Waals surface area contributed by atoms with Crippen molar-refractivity contribution in [1.29, 1.82) is 0 Å². The maximum Gasteiger partial charge on any atom is 0.212 e. The van der Waals surface area contributed by atoms with E-state index in [0.717, 1.165) is 0 Å². The predicted octanol–water partition coefficient (Wildman–Crippen LogP) is 7.30. The number of aromatic nitrogens is 2. The van der Waals surface area contributed by atoms with E-state index in [1.165, 1.54) is 66.0 Å². The van der Waals surface area contributed by atoms with Gasteiger partial charge in [-0.25, -0.2) is 4.57 Å². The lowest BCUT2D eigenvalue weighted by molar-refractivity contribution is -0.659. The highest BCUT2D eigenvalue weighted by atomic mass is 14.9. The molecule has 0 saturated carbocycles. The average molecular weight is 424 g/mol. The number of para-hydroxylation sites is 2. The minimum Gasteiger partial charge on any atom is -0.308 e. The number of aryl methyl sites for hydroxylation is 2. The van der Waals surface area contributed by atoms with Gasteiger partial charge in [0.1, 0.15) is 7.05 Å². The van der Waals surface area contributed by atoms with E-state index < -0.39 is 0 Å². The molecule has 0 fully saturated rings. The SMILES string of the molecule is Cc1cc(-c2ccc3c(c2)c2cccc4c5ccccc5n3c42)[n+](C)cc1-c1ccccc1. The van der Waals surface area contributed by atoms with Crippen LogP contribution >= 0.6 is 0 Å². The molecule has 0 bridgehead atoms. The van der Waals surface area contributed by atoms with Crippen molar-refractivity contribution in [3.05, 3.63) is 109 Å². The Labute approximate surface area is 192 Å². The Morgan fingerprint density at radius 2 is 1.30 bits per heavy atom. The van der Waals surface area contributed by atoms with Crippen molar-refractivity contribution >= 4 is 38.1 Å². The van der Waals surface area contributed by atoms with Gasteiger partial charge in [-0.1, -0.05) is 66.7 Å². The largest absolute Gasteiger partial charge is 0.308 e. The van der Waals surface area contributed by atoms with Crippen LogP contribution < -0.4 is 4.57 Å². The van der Waals surface area contributed by atoms with Crippen LogP contribution in [0.3, 0.4) is 0 Å². The Morgan fingerprint density at radius 1 is 0.606 bits per heavy atom. The minimum absolute atomic E-state index is 1.23. The Balaban J connectivity index is 1.48. The zero-order valence-electron chi connectivity index (χ0n) is 18.7. The van der Waals surface area contributed by atoms with Gasteiger partial charge in [0.05, 0.1) is 16.6 Å². The second-order valence-corrected chi connectivity index (χ2v) is 9.02. The van der Waals surface area contributed by atoms with Crippen molar-refractivity contribution in [1.82, 2.24) is 4.40 Å². The van der Waals surface area contributed by atoms with E-state index in [1.54, 1.807) is 0 Å². The topological polar surface area (TPSA) is 8.29 Å². The number of pyridine rings is 1. The molecule has 2 nitrogen and oxygen atoms in total. The second-order valence-electron chi connectivity index (χ2n) is 9.02. The van der Waals surface area contributed by atoms with Gasteiger partial charge in [0.2, 0.25) is 5.69 Å². The first-order chi connectivity index (χ1) is 16.2. The van der Waals surface area contributed by atoms with Gasteiger partial charge >= 0.3 is 0 Å². The van der Waals surface area contributed by atoms with Crippen molar-refractivity contribution in [2.75, 3.05) is 0 Å². The predicted molar refractivity (Wildman–Crippen MR) is 138 cm³/mol. The Bertz CT molecular complexity index is 1820. The van der Waals surface area contributed by atoms with Gasteiger partial charge in [0, 0.05) is 38.7 Å². The molecule has 4 aromatic carbocycles. The summed E-state index contributed by atoms with van der Waals surface area (Å²) in [7, 11) is 2.15. The van der Waals surface area contributed by atoms with Gasteiger partial charge in [-0.05, 0) is 42.3 Å². The molecule has 0 radical (unpaired) electrons. The van der Waals surface area contributed by atoms with Gasteiger partial charge in [0.25, 0.3) is 0 Å². The summed E-state index contributed by atoms with van der Waals surface area (Å²) in [6, 6.07) is 35.3. The molecule has 0 aliphatic heterocycles. The van der Waals surface area contributed by atoms with Crippen molar-refractivity contribution in [2.45, 2.75) is 6.92 Å². The summed E-state index contributed by atoms with van der Waals surface area (Å²) in [6.07, 6.45) is 2.25. The van der Waals surface area contributed by atoms with E-state index in [2.05, 4.69) is 126 Å². The first kappa shape index (κ1) is 18.4. The first-order valence-corrected chi connectivity index (χ1v) is 11.4. The molecule has 3 heterocycles. The summed E-state index contributed by atoms with van der Waals surface area (Å²) in [5, 5.41) is 5.28. The molecule has 7 aromatic rings. The summed E-state index contributed by atoms with van der Waals surface area (Å²) in [4.78, 5) is 0. The van der Waals surface area contributed by atoms with Crippen molar-refractivity contribution in [3.8, 4) is 22.4 Å². The van der Waals surface area contributed by atoms with Gasteiger partial charge in [-0.3, -0.25) is 0 Å². The van der Waals surface area contributed by atoms with Gasteiger partial charge in [-0.2, -0.15) is 0 Å². The van der Waals surface area contributed by atoms with Crippen LogP contribution in [-0.4, -0.2) is 4.40 Å².